The van der Waals surface area contributed by atoms with Crippen LogP contribution in [0.5, 0.6) is 0 Å². The third kappa shape index (κ3) is 4.93. The van der Waals surface area contributed by atoms with Crippen molar-refractivity contribution in [1.82, 2.24) is 9.97 Å². The van der Waals surface area contributed by atoms with Crippen molar-refractivity contribution < 1.29 is 42.6 Å². The van der Waals surface area contributed by atoms with Gasteiger partial charge in [-0.3, -0.25) is 4.98 Å². The summed E-state index contributed by atoms with van der Waals surface area (Å²) < 4.78 is 57.0. The number of nitrogens with two attached hydrogens (primary N) is 1. The van der Waals surface area contributed by atoms with Gasteiger partial charge in [-0.1, -0.05) is 0 Å². The van der Waals surface area contributed by atoms with Crippen LogP contribution in [0.3, 0.4) is 0 Å². The van der Waals surface area contributed by atoms with Gasteiger partial charge in [0.1, 0.15) is 14.8 Å². The number of anilines is 1. The van der Waals surface area contributed by atoms with Crippen LogP contribution in [-0.4, -0.2) is 53.8 Å². The number of aliphatic hydroxyl groups is 4. The Balaban J connectivity index is 2.06. The van der Waals surface area contributed by atoms with E-state index in [1.165, 1.54) is 0 Å². The lowest BCUT2D eigenvalue weighted by Crippen LogP contribution is -2.34. The minimum atomic E-state index is -4.84. The van der Waals surface area contributed by atoms with E-state index in [-0.39, 0.29) is 28.4 Å². The second kappa shape index (κ2) is 9.44. The first-order valence-corrected chi connectivity index (χ1v) is 12.2. The van der Waals surface area contributed by atoms with Gasteiger partial charge in [-0.05, 0) is 31.7 Å². The van der Waals surface area contributed by atoms with Gasteiger partial charge < -0.3 is 25.7 Å². The smallest absolute Gasteiger partial charge is 0.393 e. The number of hydrogen-bond donors (Lipinski definition) is 6. The topological polar surface area (TPSA) is 191 Å². The zero-order valence-electron chi connectivity index (χ0n) is 17.7. The number of aryl methyl sites for hydroxylation is 2. The quantitative estimate of drug-likeness (QED) is 0.321. The first-order valence-electron chi connectivity index (χ1n) is 9.78. The molecule has 1 atom stereocenters. The molecule has 0 radical (unpaired) electrons. The van der Waals surface area contributed by atoms with E-state index >= 15 is 0 Å². The van der Waals surface area contributed by atoms with Crippen molar-refractivity contribution in [3.63, 3.8) is 0 Å². The molecule has 188 valence electrons. The van der Waals surface area contributed by atoms with E-state index in [2.05, 4.69) is 14.3 Å². The minimum absolute atomic E-state index is 0.206. The average molecular weight is 526 g/mol. The van der Waals surface area contributed by atoms with Crippen molar-refractivity contribution in [3.05, 3.63) is 33.2 Å². The monoisotopic (exact) mass is 525 g/mol. The molecule has 2 aromatic heterocycles. The lowest BCUT2D eigenvalue weighted by Gasteiger charge is -2.19. The van der Waals surface area contributed by atoms with Gasteiger partial charge in [-0.15, -0.1) is 15.7 Å². The third-order valence-electron chi connectivity index (χ3n) is 5.14. The molecule has 2 aromatic rings. The van der Waals surface area contributed by atoms with Crippen molar-refractivity contribution in [1.29, 1.82) is 0 Å². The molecule has 0 spiro atoms. The molecule has 1 unspecified atom stereocenters. The Labute approximate surface area is 195 Å². The second-order valence-electron chi connectivity index (χ2n) is 7.57. The number of amides is 2. The molecule has 11 nitrogen and oxygen atoms in total. The number of carbonyl (C=O) groups excluding carboxylic acids is 1. The highest BCUT2D eigenvalue weighted by atomic mass is 32.2. The molecule has 0 fully saturated rings. The van der Waals surface area contributed by atoms with Crippen molar-refractivity contribution in [2.75, 3.05) is 18.5 Å². The summed E-state index contributed by atoms with van der Waals surface area (Å²) in [4.78, 5) is 20.4. The van der Waals surface area contributed by atoms with Crippen LogP contribution >= 0.6 is 11.3 Å². The van der Waals surface area contributed by atoms with E-state index in [0.29, 0.717) is 29.9 Å². The van der Waals surface area contributed by atoms with Gasteiger partial charge in [0, 0.05) is 5.69 Å². The molecule has 3 rings (SSSR count). The number of thiazole rings is 1. The van der Waals surface area contributed by atoms with Crippen LogP contribution in [0, 0.1) is 6.92 Å². The lowest BCUT2D eigenvalue weighted by molar-refractivity contribution is -0.137. The maximum absolute atomic E-state index is 13.7. The number of carbonyl (C=O) groups is 1. The molecule has 0 saturated heterocycles. The normalized spacial score (nSPS) is 15.7. The summed E-state index contributed by atoms with van der Waals surface area (Å²) in [6, 6.07) is -1.43. The maximum Gasteiger partial charge on any atom is 0.420 e. The lowest BCUT2D eigenvalue weighted by atomic mass is 10.0. The van der Waals surface area contributed by atoms with E-state index < -0.39 is 63.0 Å². The number of nitrogens with zero attached hydrogens (tertiary/aromatic N) is 3. The predicted molar refractivity (Wildman–Crippen MR) is 114 cm³/mol. The van der Waals surface area contributed by atoms with Gasteiger partial charge >= 0.3 is 12.2 Å². The first-order chi connectivity index (χ1) is 15.8. The van der Waals surface area contributed by atoms with E-state index in [9.17, 15) is 42.6 Å². The SMILES string of the molecule is Cc1nc2c(c(NC(=O)N=S(N)(=O)c3sc(C(O)(CO)CO)nc3CO)c1C(F)(F)F)CCC2. The van der Waals surface area contributed by atoms with Crippen LogP contribution in [0.2, 0.25) is 0 Å². The summed E-state index contributed by atoms with van der Waals surface area (Å²) >= 11 is 0.420. The third-order valence-corrected chi connectivity index (χ3v) is 8.39. The number of nitrogens with one attached hydrogen (secondary N) is 1. The summed E-state index contributed by atoms with van der Waals surface area (Å²) in [7, 11) is -4.16. The van der Waals surface area contributed by atoms with Crippen LogP contribution in [0.15, 0.2) is 8.57 Å². The summed E-state index contributed by atoms with van der Waals surface area (Å²) in [5, 5.41) is 45.8. The van der Waals surface area contributed by atoms with Gasteiger partial charge in [0.2, 0.25) is 0 Å². The molecule has 0 aromatic carbocycles. The highest BCUT2D eigenvalue weighted by Crippen LogP contribution is 2.42. The van der Waals surface area contributed by atoms with Crippen LogP contribution in [0.4, 0.5) is 23.7 Å². The number of urea groups is 1. The molecule has 2 amide bonds. The Hall–Kier alpha value is -2.21. The van der Waals surface area contributed by atoms with Crippen LogP contribution < -0.4 is 10.5 Å². The maximum atomic E-state index is 13.7. The molecule has 0 aliphatic heterocycles. The molecular formula is C18H22F3N5O6S2. The number of rotatable bonds is 6. The molecule has 16 heteroatoms. The Kier molecular flexibility index (Phi) is 7.33. The van der Waals surface area contributed by atoms with E-state index in [4.69, 9.17) is 5.14 Å². The number of fused-ring (bicyclic) bond motifs is 1. The number of aromatic nitrogens is 2. The van der Waals surface area contributed by atoms with Crippen LogP contribution in [0.1, 0.15) is 39.6 Å². The molecule has 0 saturated carbocycles. The summed E-state index contributed by atoms with van der Waals surface area (Å²) in [6.07, 6.45) is -3.62. The van der Waals surface area contributed by atoms with Gasteiger partial charge in [0.25, 0.3) is 0 Å². The fourth-order valence-electron chi connectivity index (χ4n) is 3.54. The number of aliphatic hydroxyl groups excluding tert-OH is 3. The molecule has 0 bridgehead atoms. The summed E-state index contributed by atoms with van der Waals surface area (Å²) in [5.41, 5.74) is -3.99. The fraction of sp³-hybridized carbons (Fsp3) is 0.500. The zero-order valence-corrected chi connectivity index (χ0v) is 19.4. The fourth-order valence-corrected chi connectivity index (χ4v) is 6.07. The Morgan fingerprint density at radius 2 is 1.88 bits per heavy atom. The van der Waals surface area contributed by atoms with Gasteiger partial charge in [-0.2, -0.15) is 13.2 Å². The van der Waals surface area contributed by atoms with E-state index in [0.717, 1.165) is 6.92 Å². The van der Waals surface area contributed by atoms with Crippen molar-refractivity contribution >= 4 is 33.0 Å². The Morgan fingerprint density at radius 3 is 2.44 bits per heavy atom. The highest BCUT2D eigenvalue weighted by Gasteiger charge is 2.39. The first kappa shape index (κ1) is 26.4. The molecule has 2 heterocycles. The van der Waals surface area contributed by atoms with Crippen LogP contribution in [0.25, 0.3) is 0 Å². The highest BCUT2D eigenvalue weighted by molar-refractivity contribution is 7.93. The molecular weight excluding hydrogens is 503 g/mol. The van der Waals surface area contributed by atoms with Crippen molar-refractivity contribution in [2.45, 2.75) is 48.8 Å². The molecule has 1 aliphatic rings. The van der Waals surface area contributed by atoms with Crippen LogP contribution in [-0.2, 0) is 41.1 Å². The largest absolute Gasteiger partial charge is 0.420 e. The Morgan fingerprint density at radius 1 is 1.24 bits per heavy atom. The van der Waals surface area contributed by atoms with Crippen molar-refractivity contribution in [2.24, 2.45) is 9.50 Å². The number of hydrogen-bond acceptors (Lipinski definition) is 9. The number of pyridine rings is 1. The minimum Gasteiger partial charge on any atom is -0.393 e. The summed E-state index contributed by atoms with van der Waals surface area (Å²) in [5.74, 6) is 0. The van der Waals surface area contributed by atoms with Gasteiger partial charge in [0.05, 0.1) is 36.9 Å². The number of halogens is 3. The number of alkyl halides is 3. The summed E-state index contributed by atoms with van der Waals surface area (Å²) in [6.45, 7) is -1.63. The predicted octanol–water partition coefficient (Wildman–Crippen LogP) is 0.951. The average Bonchev–Trinajstić information content (AvgIpc) is 3.39. The molecule has 7 N–H and O–H groups in total. The van der Waals surface area contributed by atoms with E-state index in [1.807, 2.05) is 5.32 Å². The molecule has 34 heavy (non-hydrogen) atoms. The van der Waals surface area contributed by atoms with Gasteiger partial charge in [-0.25, -0.2) is 19.1 Å². The zero-order chi connectivity index (χ0) is 25.5. The molecule has 1 aliphatic carbocycles. The Bertz CT molecular complexity index is 1240. The van der Waals surface area contributed by atoms with Gasteiger partial charge in [0.15, 0.2) is 15.5 Å². The standard InChI is InChI=1S/C18H22F3N5O6S2/c1-8-12(18(19,20)21)13(9-3-2-4-10(9)23-8)25-16(30)26-34(22,32)14-11(5-27)24-15(33-14)17(31,6-28)7-29/h27-29,31H,2-7H2,1H3,(H3,22,23,25,26,30,32). The second-order valence-corrected chi connectivity index (χ2v) is 10.6. The van der Waals surface area contributed by atoms with E-state index in [1.54, 1.807) is 0 Å². The van der Waals surface area contributed by atoms with Crippen molar-refractivity contribution in [3.8, 4) is 0 Å².